The van der Waals surface area contributed by atoms with Crippen LogP contribution >= 0.6 is 27.3 Å². The molecule has 2 atom stereocenters. The molecule has 0 radical (unpaired) electrons. The summed E-state index contributed by atoms with van der Waals surface area (Å²) in [6.45, 7) is 1.94. The number of rotatable bonds is 5. The minimum Gasteiger partial charge on any atom is -0.483 e. The molecule has 0 saturated carbocycles. The molecule has 20 heavy (non-hydrogen) atoms. The van der Waals surface area contributed by atoms with Gasteiger partial charge in [-0.05, 0) is 34.5 Å². The minimum atomic E-state index is -0.670. The van der Waals surface area contributed by atoms with Crippen LogP contribution in [-0.4, -0.2) is 6.04 Å². The van der Waals surface area contributed by atoms with E-state index in [0.29, 0.717) is 6.42 Å². The summed E-state index contributed by atoms with van der Waals surface area (Å²) in [5, 5.41) is 0. The van der Waals surface area contributed by atoms with Crippen molar-refractivity contribution in [1.29, 1.82) is 0 Å². The van der Waals surface area contributed by atoms with Crippen LogP contribution in [0.25, 0.3) is 0 Å². The van der Waals surface area contributed by atoms with E-state index in [9.17, 15) is 8.78 Å². The van der Waals surface area contributed by atoms with E-state index < -0.39 is 17.7 Å². The van der Waals surface area contributed by atoms with Gasteiger partial charge in [0, 0.05) is 29.1 Å². The summed E-state index contributed by atoms with van der Waals surface area (Å²) < 4.78 is 33.1. The lowest BCUT2D eigenvalue weighted by Crippen LogP contribution is -2.30. The Hall–Kier alpha value is -0.980. The van der Waals surface area contributed by atoms with E-state index in [1.165, 1.54) is 11.3 Å². The van der Waals surface area contributed by atoms with Crippen LogP contribution in [0, 0.1) is 11.6 Å². The predicted octanol–water partition coefficient (Wildman–Crippen LogP) is 4.65. The zero-order valence-corrected chi connectivity index (χ0v) is 13.2. The van der Waals surface area contributed by atoms with E-state index in [1.54, 1.807) is 0 Å². The van der Waals surface area contributed by atoms with Gasteiger partial charge >= 0.3 is 0 Å². The average Bonchev–Trinajstić information content (AvgIpc) is 2.80. The lowest BCUT2D eigenvalue weighted by atomic mass is 10.1. The van der Waals surface area contributed by atoms with Gasteiger partial charge < -0.3 is 10.5 Å². The van der Waals surface area contributed by atoms with E-state index in [2.05, 4.69) is 15.9 Å². The van der Waals surface area contributed by atoms with Gasteiger partial charge in [0.15, 0.2) is 0 Å². The van der Waals surface area contributed by atoms with Crippen molar-refractivity contribution < 1.29 is 13.5 Å². The number of thiophene rings is 1. The molecular weight excluding hydrogens is 348 g/mol. The molecule has 0 bridgehead atoms. The summed E-state index contributed by atoms with van der Waals surface area (Å²) in [5.74, 6) is -1.20. The fraction of sp³-hybridized carbons (Fsp3) is 0.286. The third-order valence-corrected chi connectivity index (χ3v) is 4.52. The largest absolute Gasteiger partial charge is 0.483 e. The molecular formula is C14H14BrF2NOS. The molecule has 1 aromatic carbocycles. The molecule has 2 unspecified atom stereocenters. The second-order valence-electron chi connectivity index (χ2n) is 4.36. The Morgan fingerprint density at radius 2 is 1.90 bits per heavy atom. The van der Waals surface area contributed by atoms with Crippen LogP contribution in [-0.2, 0) is 0 Å². The normalized spacial score (nSPS) is 14.1. The van der Waals surface area contributed by atoms with E-state index >= 15 is 0 Å². The molecule has 0 fully saturated rings. The van der Waals surface area contributed by atoms with Gasteiger partial charge in [0.05, 0.1) is 3.79 Å². The lowest BCUT2D eigenvalue weighted by Gasteiger charge is -2.23. The number of hydrogen-bond acceptors (Lipinski definition) is 3. The highest BCUT2D eigenvalue weighted by Gasteiger charge is 2.22. The molecule has 2 nitrogen and oxygen atoms in total. The van der Waals surface area contributed by atoms with Crippen LogP contribution in [0.5, 0.6) is 5.75 Å². The first-order valence-electron chi connectivity index (χ1n) is 6.13. The molecule has 0 saturated heterocycles. The van der Waals surface area contributed by atoms with Crippen molar-refractivity contribution >= 4 is 27.3 Å². The Morgan fingerprint density at radius 3 is 2.40 bits per heavy atom. The van der Waals surface area contributed by atoms with E-state index in [0.717, 1.165) is 26.9 Å². The molecule has 2 N–H and O–H groups in total. The number of benzene rings is 1. The maximum Gasteiger partial charge on any atom is 0.148 e. The molecule has 6 heteroatoms. The Kier molecular flexibility index (Phi) is 5.12. The Bertz CT molecular complexity index is 570. The topological polar surface area (TPSA) is 35.2 Å². The van der Waals surface area contributed by atoms with Crippen molar-refractivity contribution in [3.8, 4) is 5.75 Å². The van der Waals surface area contributed by atoms with Gasteiger partial charge in [0.2, 0.25) is 0 Å². The molecule has 0 aliphatic heterocycles. The van der Waals surface area contributed by atoms with Gasteiger partial charge in [-0.1, -0.05) is 6.92 Å². The summed E-state index contributed by atoms with van der Waals surface area (Å²) in [6, 6.07) is 6.65. The van der Waals surface area contributed by atoms with Crippen LogP contribution in [0.15, 0.2) is 34.1 Å². The molecule has 0 spiro atoms. The SMILES string of the molecule is CCC(N)C(Oc1cc(F)cc(F)c1)c1ccc(Br)s1. The quantitative estimate of drug-likeness (QED) is 0.841. The van der Waals surface area contributed by atoms with Crippen molar-refractivity contribution in [3.05, 3.63) is 50.6 Å². The zero-order chi connectivity index (χ0) is 14.7. The smallest absolute Gasteiger partial charge is 0.148 e. The molecule has 108 valence electrons. The van der Waals surface area contributed by atoms with Crippen molar-refractivity contribution in [1.82, 2.24) is 0 Å². The first-order chi connectivity index (χ1) is 9.49. The number of ether oxygens (including phenoxy) is 1. The van der Waals surface area contributed by atoms with Crippen LogP contribution in [0.3, 0.4) is 0 Å². The molecule has 2 rings (SSSR count). The van der Waals surface area contributed by atoms with Gasteiger partial charge in [-0.2, -0.15) is 0 Å². The Morgan fingerprint density at radius 1 is 1.25 bits per heavy atom. The van der Waals surface area contributed by atoms with Crippen LogP contribution in [0.4, 0.5) is 8.78 Å². The first-order valence-corrected chi connectivity index (χ1v) is 7.74. The van der Waals surface area contributed by atoms with E-state index in [-0.39, 0.29) is 11.8 Å². The van der Waals surface area contributed by atoms with E-state index in [1.807, 2.05) is 19.1 Å². The van der Waals surface area contributed by atoms with Gasteiger partial charge in [0.1, 0.15) is 23.5 Å². The van der Waals surface area contributed by atoms with Crippen LogP contribution in [0.2, 0.25) is 0 Å². The molecule has 1 aromatic heterocycles. The Labute approximate surface area is 128 Å². The summed E-state index contributed by atoms with van der Waals surface area (Å²) >= 11 is 4.87. The predicted molar refractivity (Wildman–Crippen MR) is 80.0 cm³/mol. The summed E-state index contributed by atoms with van der Waals surface area (Å²) in [4.78, 5) is 0.913. The van der Waals surface area contributed by atoms with Crippen molar-refractivity contribution in [3.63, 3.8) is 0 Å². The van der Waals surface area contributed by atoms with Gasteiger partial charge in [-0.3, -0.25) is 0 Å². The van der Waals surface area contributed by atoms with E-state index in [4.69, 9.17) is 10.5 Å². The summed E-state index contributed by atoms with van der Waals surface area (Å²) in [5.41, 5.74) is 6.06. The summed E-state index contributed by atoms with van der Waals surface area (Å²) in [7, 11) is 0. The molecule has 1 heterocycles. The number of hydrogen-bond donors (Lipinski definition) is 1. The van der Waals surface area contributed by atoms with Crippen LogP contribution in [0.1, 0.15) is 24.3 Å². The van der Waals surface area contributed by atoms with Gasteiger partial charge in [-0.15, -0.1) is 11.3 Å². The van der Waals surface area contributed by atoms with Gasteiger partial charge in [0.25, 0.3) is 0 Å². The maximum absolute atomic E-state index is 13.2. The fourth-order valence-electron chi connectivity index (χ4n) is 1.79. The van der Waals surface area contributed by atoms with Crippen molar-refractivity contribution in [2.75, 3.05) is 0 Å². The third kappa shape index (κ3) is 3.77. The molecule has 0 aliphatic carbocycles. The first kappa shape index (κ1) is 15.4. The van der Waals surface area contributed by atoms with Gasteiger partial charge in [-0.25, -0.2) is 8.78 Å². The summed E-state index contributed by atoms with van der Waals surface area (Å²) in [6.07, 6.45) is 0.260. The second kappa shape index (κ2) is 6.65. The minimum absolute atomic E-state index is 0.140. The number of nitrogens with two attached hydrogens (primary N) is 1. The second-order valence-corrected chi connectivity index (χ2v) is 6.85. The molecule has 0 aliphatic rings. The monoisotopic (exact) mass is 361 g/mol. The lowest BCUT2D eigenvalue weighted by molar-refractivity contribution is 0.173. The highest BCUT2D eigenvalue weighted by atomic mass is 79.9. The Balaban J connectivity index is 2.28. The average molecular weight is 362 g/mol. The maximum atomic E-state index is 13.2. The van der Waals surface area contributed by atoms with Crippen molar-refractivity contribution in [2.24, 2.45) is 5.73 Å². The van der Waals surface area contributed by atoms with Crippen LogP contribution < -0.4 is 10.5 Å². The highest BCUT2D eigenvalue weighted by molar-refractivity contribution is 9.11. The zero-order valence-electron chi connectivity index (χ0n) is 10.8. The fourth-order valence-corrected chi connectivity index (χ4v) is 3.32. The highest BCUT2D eigenvalue weighted by Crippen LogP contribution is 2.33. The molecule has 0 amide bonds. The number of halogens is 3. The third-order valence-electron chi connectivity index (χ3n) is 2.83. The standard InChI is InChI=1S/C14H14BrF2NOS/c1-2-11(18)14(12-3-4-13(15)20-12)19-10-6-8(16)5-9(17)7-10/h3-7,11,14H,2,18H2,1H3. The van der Waals surface area contributed by atoms with Crippen molar-refractivity contribution in [2.45, 2.75) is 25.5 Å². The molecule has 2 aromatic rings.